The molecule has 0 saturated carbocycles. The van der Waals surface area contributed by atoms with Crippen molar-refractivity contribution in [1.29, 1.82) is 0 Å². The van der Waals surface area contributed by atoms with Gasteiger partial charge in [0.05, 0.1) is 17.6 Å². The van der Waals surface area contributed by atoms with Crippen LogP contribution in [0.25, 0.3) is 11.4 Å². The Hall–Kier alpha value is -2.06. The molecule has 0 aliphatic rings. The van der Waals surface area contributed by atoms with Crippen LogP contribution in [0.2, 0.25) is 0 Å². The number of aromatic nitrogens is 3. The Kier molecular flexibility index (Phi) is 4.81. The number of nitrogens with one attached hydrogen (secondary N) is 1. The minimum Gasteiger partial charge on any atom is -0.353 e. The Morgan fingerprint density at radius 3 is 2.62 bits per heavy atom. The van der Waals surface area contributed by atoms with Crippen molar-refractivity contribution in [1.82, 2.24) is 19.3 Å². The number of likely N-dealkylation sites (N-methyl/N-ethyl adjacent to an activating group) is 1. The molecule has 0 fully saturated rings. The van der Waals surface area contributed by atoms with Crippen molar-refractivity contribution in [2.75, 3.05) is 31.7 Å². The van der Waals surface area contributed by atoms with Crippen LogP contribution < -0.4 is 5.32 Å². The molecule has 0 aromatic carbocycles. The second kappa shape index (κ2) is 6.59. The SMILES string of the molecule is CN(CCNc1nccc(-c2ccccn2)n1)S(C)(=O)=O. The summed E-state index contributed by atoms with van der Waals surface area (Å²) in [4.78, 5) is 12.7. The van der Waals surface area contributed by atoms with Crippen molar-refractivity contribution in [3.63, 3.8) is 0 Å². The lowest BCUT2D eigenvalue weighted by atomic mass is 10.3. The van der Waals surface area contributed by atoms with Gasteiger partial charge in [0.15, 0.2) is 0 Å². The quantitative estimate of drug-likeness (QED) is 0.851. The van der Waals surface area contributed by atoms with Gasteiger partial charge in [-0.15, -0.1) is 0 Å². The van der Waals surface area contributed by atoms with E-state index in [-0.39, 0.29) is 0 Å². The van der Waals surface area contributed by atoms with Crippen molar-refractivity contribution in [2.45, 2.75) is 0 Å². The van der Waals surface area contributed by atoms with Gasteiger partial charge < -0.3 is 5.32 Å². The summed E-state index contributed by atoms with van der Waals surface area (Å²) in [5.74, 6) is 0.444. The lowest BCUT2D eigenvalue weighted by Gasteiger charge is -2.14. The highest BCUT2D eigenvalue weighted by Gasteiger charge is 2.10. The number of pyridine rings is 1. The van der Waals surface area contributed by atoms with E-state index in [9.17, 15) is 8.42 Å². The number of hydrogen-bond donors (Lipinski definition) is 1. The molecule has 0 aliphatic heterocycles. The van der Waals surface area contributed by atoms with Crippen molar-refractivity contribution in [3.05, 3.63) is 36.7 Å². The summed E-state index contributed by atoms with van der Waals surface area (Å²) in [5, 5.41) is 3.00. The van der Waals surface area contributed by atoms with Gasteiger partial charge in [0, 0.05) is 32.5 Å². The molecule has 2 aromatic heterocycles. The Morgan fingerprint density at radius 1 is 1.14 bits per heavy atom. The molecule has 1 N–H and O–H groups in total. The first-order valence-corrected chi connectivity index (χ1v) is 8.21. The van der Waals surface area contributed by atoms with Crippen LogP contribution >= 0.6 is 0 Å². The maximum Gasteiger partial charge on any atom is 0.223 e. The van der Waals surface area contributed by atoms with Crippen LogP contribution in [-0.4, -0.2) is 54.1 Å². The standard InChI is InChI=1S/C13H17N5O2S/c1-18(21(2,19)20)10-9-16-13-15-8-6-12(17-13)11-5-3-4-7-14-11/h3-8H,9-10H2,1-2H3,(H,15,16,17). The van der Waals surface area contributed by atoms with Crippen molar-refractivity contribution in [3.8, 4) is 11.4 Å². The van der Waals surface area contributed by atoms with Gasteiger partial charge in [-0.25, -0.2) is 22.7 Å². The number of hydrogen-bond acceptors (Lipinski definition) is 6. The molecule has 0 saturated heterocycles. The Morgan fingerprint density at radius 2 is 1.95 bits per heavy atom. The van der Waals surface area contributed by atoms with Crippen LogP contribution in [0.5, 0.6) is 0 Å². The van der Waals surface area contributed by atoms with E-state index in [0.717, 1.165) is 5.69 Å². The molecule has 0 amide bonds. The molecule has 2 aromatic rings. The van der Waals surface area contributed by atoms with E-state index < -0.39 is 10.0 Å². The van der Waals surface area contributed by atoms with Crippen LogP contribution in [0.4, 0.5) is 5.95 Å². The second-order valence-corrected chi connectivity index (χ2v) is 6.58. The number of rotatable bonds is 6. The summed E-state index contributed by atoms with van der Waals surface area (Å²) in [5.41, 5.74) is 1.47. The first-order chi connectivity index (χ1) is 9.97. The van der Waals surface area contributed by atoms with Crippen LogP contribution in [0.15, 0.2) is 36.7 Å². The normalized spacial score (nSPS) is 11.6. The maximum absolute atomic E-state index is 11.3. The van der Waals surface area contributed by atoms with Crippen LogP contribution in [-0.2, 0) is 10.0 Å². The second-order valence-electron chi connectivity index (χ2n) is 4.49. The lowest BCUT2D eigenvalue weighted by Crippen LogP contribution is -2.30. The van der Waals surface area contributed by atoms with E-state index in [1.165, 1.54) is 17.6 Å². The van der Waals surface area contributed by atoms with Crippen LogP contribution in [0, 0.1) is 0 Å². The van der Waals surface area contributed by atoms with E-state index >= 15 is 0 Å². The molecular formula is C13H17N5O2S. The topological polar surface area (TPSA) is 88.1 Å². The van der Waals surface area contributed by atoms with Gasteiger partial charge in [0.25, 0.3) is 0 Å². The summed E-state index contributed by atoms with van der Waals surface area (Å²) in [6.45, 7) is 0.769. The van der Waals surface area contributed by atoms with E-state index in [2.05, 4.69) is 20.3 Å². The summed E-state index contributed by atoms with van der Waals surface area (Å²) >= 11 is 0. The molecular weight excluding hydrogens is 290 g/mol. The van der Waals surface area contributed by atoms with Crippen molar-refractivity contribution in [2.24, 2.45) is 0 Å². The van der Waals surface area contributed by atoms with Gasteiger partial charge in [0.2, 0.25) is 16.0 Å². The van der Waals surface area contributed by atoms with Gasteiger partial charge in [-0.3, -0.25) is 4.98 Å². The highest BCUT2D eigenvalue weighted by molar-refractivity contribution is 7.88. The fourth-order valence-electron chi connectivity index (χ4n) is 1.59. The fourth-order valence-corrected chi connectivity index (χ4v) is 2.01. The monoisotopic (exact) mass is 307 g/mol. The Labute approximate surface area is 124 Å². The summed E-state index contributed by atoms with van der Waals surface area (Å²) in [7, 11) is -1.64. The zero-order valence-corrected chi connectivity index (χ0v) is 12.7. The predicted octanol–water partition coefficient (Wildman–Crippen LogP) is 0.842. The molecule has 112 valence electrons. The largest absolute Gasteiger partial charge is 0.353 e. The number of nitrogens with zero attached hydrogens (tertiary/aromatic N) is 4. The van der Waals surface area contributed by atoms with Gasteiger partial charge in [0.1, 0.15) is 0 Å². The molecule has 0 aliphatic carbocycles. The van der Waals surface area contributed by atoms with Gasteiger partial charge in [-0.2, -0.15) is 0 Å². The van der Waals surface area contributed by atoms with E-state index in [1.807, 2.05) is 18.2 Å². The zero-order valence-electron chi connectivity index (χ0n) is 11.9. The minimum atomic E-state index is -3.17. The van der Waals surface area contributed by atoms with Crippen molar-refractivity contribution >= 4 is 16.0 Å². The van der Waals surface area contributed by atoms with Gasteiger partial charge in [-0.1, -0.05) is 6.07 Å². The van der Waals surface area contributed by atoms with E-state index in [1.54, 1.807) is 18.5 Å². The zero-order chi connectivity index (χ0) is 15.3. The number of sulfonamides is 1. The molecule has 0 bridgehead atoms. The average Bonchev–Trinajstić information content (AvgIpc) is 2.47. The highest BCUT2D eigenvalue weighted by Crippen LogP contribution is 2.13. The summed E-state index contributed by atoms with van der Waals surface area (Å²) in [6.07, 6.45) is 4.51. The molecule has 0 radical (unpaired) electrons. The van der Waals surface area contributed by atoms with Gasteiger partial charge >= 0.3 is 0 Å². The highest BCUT2D eigenvalue weighted by atomic mass is 32.2. The molecule has 2 rings (SSSR count). The van der Waals surface area contributed by atoms with E-state index in [4.69, 9.17) is 0 Å². The van der Waals surface area contributed by atoms with E-state index in [0.29, 0.717) is 24.7 Å². The molecule has 0 spiro atoms. The molecule has 2 heterocycles. The number of anilines is 1. The minimum absolute atomic E-state index is 0.343. The Balaban J connectivity index is 1.99. The third kappa shape index (κ3) is 4.47. The molecule has 8 heteroatoms. The smallest absolute Gasteiger partial charge is 0.223 e. The van der Waals surface area contributed by atoms with Gasteiger partial charge in [-0.05, 0) is 18.2 Å². The molecule has 0 unspecified atom stereocenters. The van der Waals surface area contributed by atoms with Crippen LogP contribution in [0.3, 0.4) is 0 Å². The first kappa shape index (κ1) is 15.3. The Bertz CT molecular complexity index is 691. The van der Waals surface area contributed by atoms with Crippen LogP contribution in [0.1, 0.15) is 0 Å². The third-order valence-electron chi connectivity index (χ3n) is 2.86. The molecule has 7 nitrogen and oxygen atoms in total. The van der Waals surface area contributed by atoms with Crippen molar-refractivity contribution < 1.29 is 8.42 Å². The summed E-state index contributed by atoms with van der Waals surface area (Å²) in [6, 6.07) is 7.36. The maximum atomic E-state index is 11.3. The average molecular weight is 307 g/mol. The summed E-state index contributed by atoms with van der Waals surface area (Å²) < 4.78 is 23.8. The lowest BCUT2D eigenvalue weighted by molar-refractivity contribution is 0.486. The predicted molar refractivity (Wildman–Crippen MR) is 81.2 cm³/mol. The third-order valence-corrected chi connectivity index (χ3v) is 4.17. The first-order valence-electron chi connectivity index (χ1n) is 6.36. The molecule has 0 atom stereocenters. The molecule has 21 heavy (non-hydrogen) atoms. The fraction of sp³-hybridized carbons (Fsp3) is 0.308.